The van der Waals surface area contributed by atoms with Gasteiger partial charge in [0, 0.05) is 24.3 Å². The first-order valence-corrected chi connectivity index (χ1v) is 11.4. The van der Waals surface area contributed by atoms with Crippen LogP contribution in [0.2, 0.25) is 0 Å². The number of thiophene rings is 1. The summed E-state index contributed by atoms with van der Waals surface area (Å²) in [5, 5.41) is 3.79. The number of aromatic nitrogens is 2. The minimum absolute atomic E-state index is 0.0361. The Morgan fingerprint density at radius 1 is 1.23 bits per heavy atom. The largest absolute Gasteiger partial charge is 0.354 e. The first-order chi connectivity index (χ1) is 14.5. The molecule has 2 aromatic heterocycles. The summed E-state index contributed by atoms with van der Waals surface area (Å²) in [5.41, 5.74) is 2.29. The molecule has 2 N–H and O–H groups in total. The fraction of sp³-hybridized carbons (Fsp3) is 0.435. The maximum absolute atomic E-state index is 12.6. The monoisotopic (exact) mass is 424 g/mol. The highest BCUT2D eigenvalue weighted by Crippen LogP contribution is 2.33. The minimum Gasteiger partial charge on any atom is -0.354 e. The van der Waals surface area contributed by atoms with Crippen molar-refractivity contribution in [2.45, 2.75) is 44.6 Å². The predicted molar refractivity (Wildman–Crippen MR) is 121 cm³/mol. The van der Waals surface area contributed by atoms with Crippen LogP contribution < -0.4 is 10.9 Å². The quantitative estimate of drug-likeness (QED) is 0.611. The molecule has 1 aromatic carbocycles. The highest BCUT2D eigenvalue weighted by molar-refractivity contribution is 7.18. The van der Waals surface area contributed by atoms with Crippen LogP contribution in [-0.2, 0) is 24.1 Å². The number of H-pyrrole nitrogens is 1. The van der Waals surface area contributed by atoms with Crippen molar-refractivity contribution in [1.29, 1.82) is 0 Å². The van der Waals surface area contributed by atoms with E-state index >= 15 is 0 Å². The number of rotatable bonds is 7. The van der Waals surface area contributed by atoms with Gasteiger partial charge in [-0.3, -0.25) is 9.59 Å². The van der Waals surface area contributed by atoms with E-state index in [0.29, 0.717) is 25.2 Å². The molecule has 158 valence electrons. The minimum atomic E-state index is -0.0634. The standard InChI is InChI=1S/C23H28N4O2S/c1-27(2)17(15-8-4-3-5-9-15)14-24-20(28)13-12-19-25-22(29)21-16-10-6-7-11-18(16)30-23(21)26-19/h3-5,8-9,17H,6-7,10-14H2,1-2H3,(H,24,28)(H,25,26,29)/t17-/m1/s1. The molecule has 3 aromatic rings. The second-order valence-electron chi connectivity index (χ2n) is 8.10. The van der Waals surface area contributed by atoms with E-state index in [-0.39, 0.29) is 17.5 Å². The third kappa shape index (κ3) is 4.47. The van der Waals surface area contributed by atoms with E-state index in [1.165, 1.54) is 22.4 Å². The van der Waals surface area contributed by atoms with Crippen LogP contribution in [0.3, 0.4) is 0 Å². The number of nitrogens with one attached hydrogen (secondary N) is 2. The molecule has 0 bridgehead atoms. The van der Waals surface area contributed by atoms with Gasteiger partial charge in [-0.25, -0.2) is 4.98 Å². The summed E-state index contributed by atoms with van der Waals surface area (Å²) in [6, 6.07) is 10.3. The molecule has 0 fully saturated rings. The smallest absolute Gasteiger partial charge is 0.259 e. The van der Waals surface area contributed by atoms with Crippen molar-refractivity contribution in [3.8, 4) is 0 Å². The molecule has 0 aliphatic heterocycles. The van der Waals surface area contributed by atoms with Gasteiger partial charge in [0.05, 0.1) is 11.4 Å². The lowest BCUT2D eigenvalue weighted by molar-refractivity contribution is -0.121. The molecule has 0 spiro atoms. The molecule has 0 unspecified atom stereocenters. The van der Waals surface area contributed by atoms with Crippen LogP contribution in [0.1, 0.15) is 47.1 Å². The number of carbonyl (C=O) groups excluding carboxylic acids is 1. The number of nitrogens with zero attached hydrogens (tertiary/aromatic N) is 2. The molecule has 1 aliphatic carbocycles. The van der Waals surface area contributed by atoms with Gasteiger partial charge in [0.25, 0.3) is 5.56 Å². The van der Waals surface area contributed by atoms with Crippen LogP contribution in [0.5, 0.6) is 0 Å². The molecule has 4 rings (SSSR count). The number of aromatic amines is 1. The molecular weight excluding hydrogens is 396 g/mol. The molecule has 1 aliphatic rings. The average molecular weight is 425 g/mol. The first-order valence-electron chi connectivity index (χ1n) is 10.5. The number of amides is 1. The Kier molecular flexibility index (Phi) is 6.29. The Balaban J connectivity index is 1.39. The maximum Gasteiger partial charge on any atom is 0.259 e. The number of aryl methyl sites for hydroxylation is 3. The fourth-order valence-corrected chi connectivity index (χ4v) is 5.41. The normalized spacial score (nSPS) is 14.6. The summed E-state index contributed by atoms with van der Waals surface area (Å²) in [5.74, 6) is 0.555. The number of likely N-dealkylation sites (N-methyl/N-ethyl adjacent to an activating group) is 1. The fourth-order valence-electron chi connectivity index (χ4n) is 4.13. The van der Waals surface area contributed by atoms with Crippen molar-refractivity contribution in [3.63, 3.8) is 0 Å². The highest BCUT2D eigenvalue weighted by atomic mass is 32.1. The van der Waals surface area contributed by atoms with E-state index in [0.717, 1.165) is 29.5 Å². The van der Waals surface area contributed by atoms with Crippen molar-refractivity contribution in [1.82, 2.24) is 20.2 Å². The number of hydrogen-bond donors (Lipinski definition) is 2. The van der Waals surface area contributed by atoms with Gasteiger partial charge >= 0.3 is 0 Å². The highest BCUT2D eigenvalue weighted by Gasteiger charge is 2.20. The molecular formula is C23H28N4O2S. The number of carbonyl (C=O) groups is 1. The Hall–Kier alpha value is -2.51. The zero-order valence-electron chi connectivity index (χ0n) is 17.5. The zero-order chi connectivity index (χ0) is 21.1. The topological polar surface area (TPSA) is 78.1 Å². The van der Waals surface area contributed by atoms with E-state index in [1.54, 1.807) is 11.3 Å². The van der Waals surface area contributed by atoms with Gasteiger partial charge in [0.2, 0.25) is 5.91 Å². The SMILES string of the molecule is CN(C)[C@H](CNC(=O)CCc1nc2sc3c(c2c(=O)[nH]1)CCCC3)c1ccccc1. The Bertz CT molecular complexity index is 1090. The molecule has 0 radical (unpaired) electrons. The molecule has 1 atom stereocenters. The average Bonchev–Trinajstić information content (AvgIpc) is 3.12. The van der Waals surface area contributed by atoms with Gasteiger partial charge in [0.1, 0.15) is 10.7 Å². The van der Waals surface area contributed by atoms with Crippen LogP contribution in [0, 0.1) is 0 Å². The maximum atomic E-state index is 12.6. The van der Waals surface area contributed by atoms with Crippen LogP contribution in [0.4, 0.5) is 0 Å². The third-order valence-corrected chi connectivity index (χ3v) is 6.95. The predicted octanol–water partition coefficient (Wildman–Crippen LogP) is 3.22. The van der Waals surface area contributed by atoms with Gasteiger partial charge in [-0.2, -0.15) is 0 Å². The lowest BCUT2D eigenvalue weighted by atomic mass is 9.97. The van der Waals surface area contributed by atoms with E-state index in [2.05, 4.69) is 32.3 Å². The van der Waals surface area contributed by atoms with Crippen LogP contribution in [0.25, 0.3) is 10.2 Å². The van der Waals surface area contributed by atoms with Gasteiger partial charge in [0.15, 0.2) is 0 Å². The third-order valence-electron chi connectivity index (χ3n) is 5.76. The van der Waals surface area contributed by atoms with Gasteiger partial charge in [-0.15, -0.1) is 11.3 Å². The van der Waals surface area contributed by atoms with Gasteiger partial charge in [-0.05, 0) is 50.9 Å². The Labute approximate surface area is 180 Å². The molecule has 0 saturated heterocycles. The zero-order valence-corrected chi connectivity index (χ0v) is 18.3. The van der Waals surface area contributed by atoms with Crippen LogP contribution in [-0.4, -0.2) is 41.4 Å². The van der Waals surface area contributed by atoms with Crippen molar-refractivity contribution < 1.29 is 4.79 Å². The van der Waals surface area contributed by atoms with Gasteiger partial charge in [-0.1, -0.05) is 30.3 Å². The van der Waals surface area contributed by atoms with Crippen molar-refractivity contribution in [2.24, 2.45) is 0 Å². The lowest BCUT2D eigenvalue weighted by Gasteiger charge is -2.25. The van der Waals surface area contributed by atoms with Crippen molar-refractivity contribution in [3.05, 3.63) is 62.5 Å². The second-order valence-corrected chi connectivity index (χ2v) is 9.18. The number of benzene rings is 1. The van der Waals surface area contributed by atoms with E-state index in [9.17, 15) is 9.59 Å². The van der Waals surface area contributed by atoms with Crippen LogP contribution >= 0.6 is 11.3 Å². The van der Waals surface area contributed by atoms with Crippen molar-refractivity contribution >= 4 is 27.5 Å². The summed E-state index contributed by atoms with van der Waals surface area (Å²) < 4.78 is 0. The first kappa shape index (κ1) is 20.8. The number of hydrogen-bond acceptors (Lipinski definition) is 5. The summed E-state index contributed by atoms with van der Waals surface area (Å²) in [6.45, 7) is 0.538. The number of fused-ring (bicyclic) bond motifs is 3. The van der Waals surface area contributed by atoms with E-state index in [1.807, 2.05) is 32.3 Å². The molecule has 2 heterocycles. The second kappa shape index (κ2) is 9.10. The molecule has 6 nitrogen and oxygen atoms in total. The molecule has 30 heavy (non-hydrogen) atoms. The molecule has 0 saturated carbocycles. The lowest BCUT2D eigenvalue weighted by Crippen LogP contribution is -2.34. The van der Waals surface area contributed by atoms with Crippen molar-refractivity contribution in [2.75, 3.05) is 20.6 Å². The van der Waals surface area contributed by atoms with Crippen LogP contribution in [0.15, 0.2) is 35.1 Å². The summed E-state index contributed by atoms with van der Waals surface area (Å²) in [6.07, 6.45) is 5.06. The summed E-state index contributed by atoms with van der Waals surface area (Å²) in [4.78, 5) is 36.8. The molecule has 7 heteroatoms. The molecule has 1 amide bonds. The van der Waals surface area contributed by atoms with E-state index < -0.39 is 0 Å². The summed E-state index contributed by atoms with van der Waals surface area (Å²) in [7, 11) is 4.02. The summed E-state index contributed by atoms with van der Waals surface area (Å²) >= 11 is 1.64. The Morgan fingerprint density at radius 2 is 2.00 bits per heavy atom. The Morgan fingerprint density at radius 3 is 2.77 bits per heavy atom. The van der Waals surface area contributed by atoms with E-state index in [4.69, 9.17) is 0 Å². The van der Waals surface area contributed by atoms with Gasteiger partial charge < -0.3 is 15.2 Å².